The average Bonchev–Trinajstić information content (AvgIpc) is 3.17. The molecule has 2 saturated heterocycles. The molecule has 2 aromatic heterocycles. The molecule has 35 heavy (non-hydrogen) atoms. The molecule has 0 spiro atoms. The number of fused-ring (bicyclic) bond motifs is 1. The number of carbonyl (C=O) groups excluding carboxylic acids is 2. The maximum absolute atomic E-state index is 14.6. The highest BCUT2D eigenvalue weighted by Gasteiger charge is 2.32. The van der Waals surface area contributed by atoms with Gasteiger partial charge in [-0.1, -0.05) is 0 Å². The zero-order valence-electron chi connectivity index (χ0n) is 20.4. The number of amides is 1. The van der Waals surface area contributed by atoms with Gasteiger partial charge in [0.2, 0.25) is 5.91 Å². The van der Waals surface area contributed by atoms with Crippen LogP contribution >= 0.6 is 11.3 Å². The van der Waals surface area contributed by atoms with Crippen molar-refractivity contribution < 1.29 is 14.0 Å². The van der Waals surface area contributed by atoms with E-state index in [0.717, 1.165) is 42.0 Å². The van der Waals surface area contributed by atoms with Gasteiger partial charge < -0.3 is 14.7 Å². The number of hydrogen-bond donors (Lipinski definition) is 0. The highest BCUT2D eigenvalue weighted by molar-refractivity contribution is 7.18. The summed E-state index contributed by atoms with van der Waals surface area (Å²) in [7, 11) is 0. The molecule has 2 fully saturated rings. The molecule has 0 atom stereocenters. The summed E-state index contributed by atoms with van der Waals surface area (Å²) in [6.07, 6.45) is 3.24. The van der Waals surface area contributed by atoms with Crippen molar-refractivity contribution in [3.8, 4) is 0 Å². The van der Waals surface area contributed by atoms with Crippen LogP contribution in [0.4, 0.5) is 15.9 Å². The smallest absolute Gasteiger partial charge is 0.225 e. The molecular weight excluding hydrogens is 465 g/mol. The Kier molecular flexibility index (Phi) is 6.44. The maximum atomic E-state index is 14.6. The fraction of sp³-hybridized carbons (Fsp3) is 0.462. The quantitative estimate of drug-likeness (QED) is 0.505. The van der Waals surface area contributed by atoms with E-state index in [2.05, 4.69) is 28.7 Å². The number of ketones is 1. The first-order valence-electron chi connectivity index (χ1n) is 12.1. The molecule has 184 valence electrons. The number of benzene rings is 1. The summed E-state index contributed by atoms with van der Waals surface area (Å²) in [5.74, 6) is 0.648. The van der Waals surface area contributed by atoms with Crippen LogP contribution in [-0.4, -0.2) is 65.8 Å². The lowest BCUT2D eigenvalue weighted by Gasteiger charge is -2.39. The van der Waals surface area contributed by atoms with Gasteiger partial charge in [-0.3, -0.25) is 9.59 Å². The molecule has 2 aliphatic heterocycles. The molecule has 0 bridgehead atoms. The van der Waals surface area contributed by atoms with E-state index in [4.69, 9.17) is 0 Å². The second-order valence-corrected chi connectivity index (χ2v) is 10.7. The molecular formula is C26H30FN5O2S. The van der Waals surface area contributed by atoms with Crippen molar-refractivity contribution in [2.75, 3.05) is 49.1 Å². The largest absolute Gasteiger partial charge is 0.366 e. The lowest BCUT2D eigenvalue weighted by atomic mass is 9.94. The first-order valence-corrected chi connectivity index (χ1v) is 12.9. The normalized spacial score (nSPS) is 17.3. The lowest BCUT2D eigenvalue weighted by molar-refractivity contribution is -0.136. The van der Waals surface area contributed by atoms with Gasteiger partial charge in [0.15, 0.2) is 5.78 Å². The van der Waals surface area contributed by atoms with Crippen LogP contribution in [0.3, 0.4) is 0 Å². The Balaban J connectivity index is 1.19. The van der Waals surface area contributed by atoms with E-state index in [9.17, 15) is 14.0 Å². The van der Waals surface area contributed by atoms with Crippen molar-refractivity contribution in [2.24, 2.45) is 5.92 Å². The minimum atomic E-state index is -0.389. The van der Waals surface area contributed by atoms with E-state index < -0.39 is 0 Å². The predicted octanol–water partition coefficient (Wildman–Crippen LogP) is 4.22. The second kappa shape index (κ2) is 9.53. The molecule has 0 N–H and O–H groups in total. The first-order chi connectivity index (χ1) is 16.8. The monoisotopic (exact) mass is 495 g/mol. The number of aryl methyl sites for hydroxylation is 2. The third-order valence-electron chi connectivity index (χ3n) is 7.38. The Labute approximate surface area is 208 Å². The van der Waals surface area contributed by atoms with Crippen LogP contribution in [0.5, 0.6) is 0 Å². The van der Waals surface area contributed by atoms with Gasteiger partial charge in [-0.15, -0.1) is 11.3 Å². The Bertz CT molecular complexity index is 1280. The zero-order chi connectivity index (χ0) is 24.7. The molecule has 7 nitrogen and oxygen atoms in total. The van der Waals surface area contributed by atoms with Crippen LogP contribution < -0.4 is 9.80 Å². The summed E-state index contributed by atoms with van der Waals surface area (Å²) >= 11 is 1.70. The summed E-state index contributed by atoms with van der Waals surface area (Å²) < 4.78 is 14.6. The number of aromatic nitrogens is 2. The number of carbonyl (C=O) groups is 2. The van der Waals surface area contributed by atoms with Gasteiger partial charge in [-0.2, -0.15) is 0 Å². The van der Waals surface area contributed by atoms with E-state index in [-0.39, 0.29) is 23.4 Å². The van der Waals surface area contributed by atoms with E-state index in [0.29, 0.717) is 37.4 Å². The van der Waals surface area contributed by atoms with Crippen LogP contribution in [0.2, 0.25) is 0 Å². The minimum Gasteiger partial charge on any atom is -0.366 e. The third-order valence-corrected chi connectivity index (χ3v) is 8.49. The van der Waals surface area contributed by atoms with Crippen molar-refractivity contribution >= 4 is 44.7 Å². The summed E-state index contributed by atoms with van der Waals surface area (Å²) in [4.78, 5) is 42.2. The van der Waals surface area contributed by atoms with Gasteiger partial charge in [0.25, 0.3) is 0 Å². The molecule has 4 heterocycles. The molecule has 5 rings (SSSR count). The number of hydrogen-bond acceptors (Lipinski definition) is 7. The van der Waals surface area contributed by atoms with Crippen LogP contribution in [0.15, 0.2) is 24.5 Å². The fourth-order valence-corrected chi connectivity index (χ4v) is 6.14. The SMILES string of the molecule is CC(=O)c1ccc(N2CCN(C(=O)C3CCN(c4ncnc5sc(C)c(C)c45)CC3)CC2)c(F)c1. The van der Waals surface area contributed by atoms with Crippen molar-refractivity contribution in [3.05, 3.63) is 46.3 Å². The lowest BCUT2D eigenvalue weighted by Crippen LogP contribution is -2.52. The maximum Gasteiger partial charge on any atom is 0.225 e. The molecule has 0 radical (unpaired) electrons. The number of piperazine rings is 1. The number of halogens is 1. The molecule has 2 aliphatic rings. The minimum absolute atomic E-state index is 0.00650. The van der Waals surface area contributed by atoms with E-state index in [1.165, 1.54) is 23.4 Å². The van der Waals surface area contributed by atoms with E-state index in [1.807, 2.05) is 9.80 Å². The highest BCUT2D eigenvalue weighted by atomic mass is 32.1. The topological polar surface area (TPSA) is 69.6 Å². The number of Topliss-reactive ketones (excluding diaryl/α,β-unsaturated/α-hetero) is 1. The van der Waals surface area contributed by atoms with Gasteiger partial charge in [0, 0.05) is 55.6 Å². The molecule has 9 heteroatoms. The van der Waals surface area contributed by atoms with Crippen LogP contribution in [0, 0.1) is 25.6 Å². The Hall–Kier alpha value is -3.07. The predicted molar refractivity (Wildman–Crippen MR) is 137 cm³/mol. The summed E-state index contributed by atoms with van der Waals surface area (Å²) in [5.41, 5.74) is 2.10. The molecule has 1 amide bonds. The second-order valence-electron chi connectivity index (χ2n) is 9.46. The van der Waals surface area contributed by atoms with Gasteiger partial charge in [-0.25, -0.2) is 14.4 Å². The molecule has 1 aromatic carbocycles. The number of nitrogens with zero attached hydrogens (tertiary/aromatic N) is 5. The summed E-state index contributed by atoms with van der Waals surface area (Å²) in [6.45, 7) is 9.58. The highest BCUT2D eigenvalue weighted by Crippen LogP contribution is 2.36. The van der Waals surface area contributed by atoms with Crippen molar-refractivity contribution in [1.29, 1.82) is 0 Å². The Morgan fingerprint density at radius 3 is 2.37 bits per heavy atom. The van der Waals surface area contributed by atoms with Crippen molar-refractivity contribution in [1.82, 2.24) is 14.9 Å². The summed E-state index contributed by atoms with van der Waals surface area (Å²) in [5, 5.41) is 1.14. The van der Waals surface area contributed by atoms with Crippen molar-refractivity contribution in [3.63, 3.8) is 0 Å². The van der Waals surface area contributed by atoms with Crippen molar-refractivity contribution in [2.45, 2.75) is 33.6 Å². The standard InChI is InChI=1S/C26H30FN5O2S/c1-16-18(3)35-25-23(16)24(28-15-29-25)31-8-6-19(7-9-31)26(34)32-12-10-30(11-13-32)22-5-4-20(17(2)33)14-21(22)27/h4-5,14-15,19H,6-13H2,1-3H3. The van der Waals surface area contributed by atoms with E-state index >= 15 is 0 Å². The van der Waals surface area contributed by atoms with Crippen LogP contribution in [-0.2, 0) is 4.79 Å². The molecule has 0 saturated carbocycles. The molecule has 3 aromatic rings. The van der Waals surface area contributed by atoms with Gasteiger partial charge in [-0.05, 0) is 57.4 Å². The number of anilines is 2. The van der Waals surface area contributed by atoms with Crippen LogP contribution in [0.25, 0.3) is 10.2 Å². The van der Waals surface area contributed by atoms with E-state index in [1.54, 1.807) is 29.8 Å². The molecule has 0 aliphatic carbocycles. The third kappa shape index (κ3) is 4.49. The summed E-state index contributed by atoms with van der Waals surface area (Å²) in [6, 6.07) is 4.63. The first kappa shape index (κ1) is 23.7. The fourth-order valence-electron chi connectivity index (χ4n) is 5.15. The Morgan fingerprint density at radius 1 is 1.00 bits per heavy atom. The van der Waals surface area contributed by atoms with Gasteiger partial charge >= 0.3 is 0 Å². The number of piperidine rings is 1. The van der Waals surface area contributed by atoms with Gasteiger partial charge in [0.1, 0.15) is 22.8 Å². The number of thiophene rings is 1. The Morgan fingerprint density at radius 2 is 1.71 bits per heavy atom. The van der Waals surface area contributed by atoms with Gasteiger partial charge in [0.05, 0.1) is 11.1 Å². The molecule has 0 unspecified atom stereocenters. The van der Waals surface area contributed by atoms with Crippen LogP contribution in [0.1, 0.15) is 40.6 Å². The zero-order valence-corrected chi connectivity index (χ0v) is 21.2. The average molecular weight is 496 g/mol. The number of rotatable bonds is 4.